The van der Waals surface area contributed by atoms with E-state index in [2.05, 4.69) is 0 Å². The smallest absolute Gasteiger partial charge is 0.377 e. The van der Waals surface area contributed by atoms with Crippen LogP contribution in [-0.4, -0.2) is 121 Å². The van der Waals surface area contributed by atoms with Gasteiger partial charge >= 0.3 is 35.7 Å². The van der Waals surface area contributed by atoms with Crippen LogP contribution >= 0.6 is 0 Å². The van der Waals surface area contributed by atoms with Crippen molar-refractivity contribution in [1.29, 1.82) is 0 Å². The average molecular weight is 585 g/mol. The van der Waals surface area contributed by atoms with E-state index in [1.165, 1.54) is 42.7 Å². The average Bonchev–Trinajstić information content (AvgIpc) is 2.93. The molecule has 0 aromatic rings. The molecule has 0 rings (SSSR count). The predicted octanol–water partition coefficient (Wildman–Crippen LogP) is 2.06. The first kappa shape index (κ1) is 37.5. The van der Waals surface area contributed by atoms with E-state index in [-0.39, 0.29) is 0 Å². The molecule has 0 aliphatic carbocycles. The lowest BCUT2D eigenvalue weighted by atomic mass is 10.2. The lowest BCUT2D eigenvalue weighted by molar-refractivity contribution is -0.0255. The van der Waals surface area contributed by atoms with Gasteiger partial charge in [0.2, 0.25) is 0 Å². The van der Waals surface area contributed by atoms with Gasteiger partial charge in [0.25, 0.3) is 0 Å². The summed E-state index contributed by atoms with van der Waals surface area (Å²) >= 11 is 0. The van der Waals surface area contributed by atoms with E-state index in [1.807, 2.05) is 0 Å². The highest BCUT2D eigenvalue weighted by atomic mass is 28.5. The van der Waals surface area contributed by atoms with Gasteiger partial charge < -0.3 is 57.2 Å². The maximum absolute atomic E-state index is 5.47. The third kappa shape index (κ3) is 12.6. The minimum Gasteiger partial charge on any atom is -0.377 e. The molecular formula is C18H48O13Si4. The Morgan fingerprint density at radius 2 is 0.543 bits per heavy atom. The van der Waals surface area contributed by atoms with Gasteiger partial charge in [0, 0.05) is 97.4 Å². The molecule has 0 saturated heterocycles. The molecule has 0 unspecified atom stereocenters. The summed E-state index contributed by atoms with van der Waals surface area (Å²) in [6, 6.07) is 1.69. The van der Waals surface area contributed by atoms with Gasteiger partial charge in [-0.2, -0.15) is 0 Å². The molecular weight excluding hydrogens is 537 g/mol. The second kappa shape index (κ2) is 20.3. The van der Waals surface area contributed by atoms with Crippen molar-refractivity contribution in [3.63, 3.8) is 0 Å². The molecule has 0 heterocycles. The second-order valence-corrected chi connectivity index (χ2v) is 18.3. The Morgan fingerprint density at radius 1 is 0.314 bits per heavy atom. The topological polar surface area (TPSA) is 120 Å². The molecule has 0 aliphatic heterocycles. The first-order valence-electron chi connectivity index (χ1n) is 11.0. The summed E-state index contributed by atoms with van der Waals surface area (Å²) in [6.45, 7) is 0. The van der Waals surface area contributed by atoms with Gasteiger partial charge in [-0.25, -0.2) is 0 Å². The van der Waals surface area contributed by atoms with Crippen LogP contribution in [0.25, 0.3) is 0 Å². The van der Waals surface area contributed by atoms with Crippen LogP contribution in [0, 0.1) is 0 Å². The SMILES string of the molecule is CO[Si](CCCCCC[Si](OC)(OC)OC)(OC)OC.CO[Si](OC)(OC)O[Si](OC)(OC)OC. The van der Waals surface area contributed by atoms with Gasteiger partial charge in [-0.3, -0.25) is 0 Å². The Morgan fingerprint density at radius 3 is 0.714 bits per heavy atom. The molecule has 0 N–H and O–H groups in total. The molecule has 0 atom stereocenters. The first-order valence-corrected chi connectivity index (χ1v) is 18.1. The fourth-order valence-electron chi connectivity index (χ4n) is 3.05. The second-order valence-electron chi connectivity index (χ2n) is 6.83. The third-order valence-corrected chi connectivity index (χ3v) is 16.0. The van der Waals surface area contributed by atoms with E-state index in [9.17, 15) is 0 Å². The van der Waals surface area contributed by atoms with E-state index in [1.54, 1.807) is 42.7 Å². The Labute approximate surface area is 216 Å². The molecule has 214 valence electrons. The van der Waals surface area contributed by atoms with E-state index < -0.39 is 35.7 Å². The Hall–Kier alpha value is 0.348. The third-order valence-electron chi connectivity index (χ3n) is 5.33. The normalized spacial score (nSPS) is 13.0. The van der Waals surface area contributed by atoms with Crippen molar-refractivity contribution in [1.82, 2.24) is 0 Å². The van der Waals surface area contributed by atoms with Gasteiger partial charge in [0.15, 0.2) is 0 Å². The molecule has 35 heavy (non-hydrogen) atoms. The van der Waals surface area contributed by atoms with Crippen molar-refractivity contribution in [2.75, 3.05) is 85.3 Å². The van der Waals surface area contributed by atoms with E-state index >= 15 is 0 Å². The zero-order valence-corrected chi connectivity index (χ0v) is 27.5. The highest BCUT2D eigenvalue weighted by Gasteiger charge is 2.57. The largest absolute Gasteiger partial charge is 0.673 e. The van der Waals surface area contributed by atoms with Crippen molar-refractivity contribution in [3.8, 4) is 0 Å². The van der Waals surface area contributed by atoms with Crippen molar-refractivity contribution in [3.05, 3.63) is 0 Å². The summed E-state index contributed by atoms with van der Waals surface area (Å²) in [5, 5.41) is 0. The maximum Gasteiger partial charge on any atom is 0.673 e. The fraction of sp³-hybridized carbons (Fsp3) is 1.00. The summed E-state index contributed by atoms with van der Waals surface area (Å²) in [5.74, 6) is 0. The lowest BCUT2D eigenvalue weighted by Gasteiger charge is -2.30. The maximum atomic E-state index is 5.47. The summed E-state index contributed by atoms with van der Waals surface area (Å²) < 4.78 is 68.2. The first-order chi connectivity index (χ1) is 16.6. The standard InChI is InChI=1S/C12H30O6Si2.C6H18O7Si2/c1-13-19(14-2,15-3)11-9-7-8-10-12-20(16-4,17-5)18-6;1-7-14(8-2,9-3)13-15(10-4,11-5)12-6/h7-12H2,1-6H3;1-6H3. The van der Waals surface area contributed by atoms with Gasteiger partial charge in [0.1, 0.15) is 0 Å². The van der Waals surface area contributed by atoms with Crippen LogP contribution in [-0.2, 0) is 57.2 Å². The van der Waals surface area contributed by atoms with E-state index in [0.29, 0.717) is 0 Å². The van der Waals surface area contributed by atoms with Crippen molar-refractivity contribution in [2.45, 2.75) is 37.8 Å². The lowest BCUT2D eigenvalue weighted by Crippen LogP contribution is -2.59. The Balaban J connectivity index is 0. The Bertz CT molecular complexity index is 416. The van der Waals surface area contributed by atoms with E-state index in [0.717, 1.165) is 37.8 Å². The van der Waals surface area contributed by atoms with Crippen LogP contribution in [0.3, 0.4) is 0 Å². The molecule has 0 aromatic heterocycles. The molecule has 17 heteroatoms. The Kier molecular flexibility index (Phi) is 21.8. The van der Waals surface area contributed by atoms with E-state index in [4.69, 9.17) is 57.2 Å². The molecule has 0 amide bonds. The van der Waals surface area contributed by atoms with Gasteiger partial charge in [-0.05, 0) is 12.8 Å². The zero-order chi connectivity index (χ0) is 27.4. The highest BCUT2D eigenvalue weighted by molar-refractivity contribution is 6.68. The molecule has 0 aliphatic rings. The predicted molar refractivity (Wildman–Crippen MR) is 136 cm³/mol. The van der Waals surface area contributed by atoms with Gasteiger partial charge in [-0.1, -0.05) is 12.8 Å². The molecule has 0 fully saturated rings. The number of hydrogen-bond acceptors (Lipinski definition) is 13. The van der Waals surface area contributed by atoms with Crippen LogP contribution < -0.4 is 0 Å². The summed E-state index contributed by atoms with van der Waals surface area (Å²) in [5.41, 5.74) is 0. The minimum atomic E-state index is -3.23. The monoisotopic (exact) mass is 584 g/mol. The van der Waals surface area contributed by atoms with Crippen LogP contribution in [0.5, 0.6) is 0 Å². The summed E-state index contributed by atoms with van der Waals surface area (Å²) in [6.07, 6.45) is 4.27. The number of unbranched alkanes of at least 4 members (excludes halogenated alkanes) is 3. The summed E-state index contributed by atoms with van der Waals surface area (Å²) in [4.78, 5) is 0. The van der Waals surface area contributed by atoms with Gasteiger partial charge in [-0.15, -0.1) is 0 Å². The zero-order valence-electron chi connectivity index (χ0n) is 23.5. The minimum absolute atomic E-state index is 0.845. The highest BCUT2D eigenvalue weighted by Crippen LogP contribution is 2.21. The number of rotatable bonds is 21. The molecule has 0 spiro atoms. The molecule has 0 bridgehead atoms. The molecule has 13 nitrogen and oxygen atoms in total. The fourth-order valence-corrected chi connectivity index (χ4v) is 10.9. The van der Waals surface area contributed by atoms with Gasteiger partial charge in [0.05, 0.1) is 0 Å². The van der Waals surface area contributed by atoms with Crippen molar-refractivity contribution >= 4 is 35.7 Å². The van der Waals surface area contributed by atoms with Crippen LogP contribution in [0.4, 0.5) is 0 Å². The van der Waals surface area contributed by atoms with Crippen molar-refractivity contribution in [2.24, 2.45) is 0 Å². The quantitative estimate of drug-likeness (QED) is 0.145. The van der Waals surface area contributed by atoms with Crippen LogP contribution in [0.15, 0.2) is 0 Å². The molecule has 0 saturated carbocycles. The van der Waals surface area contributed by atoms with Crippen LogP contribution in [0.1, 0.15) is 25.7 Å². The molecule has 0 radical (unpaired) electrons. The number of hydrogen-bond donors (Lipinski definition) is 0. The van der Waals surface area contributed by atoms with Crippen LogP contribution in [0.2, 0.25) is 12.1 Å². The van der Waals surface area contributed by atoms with Crippen molar-refractivity contribution < 1.29 is 57.2 Å². The summed E-state index contributed by atoms with van der Waals surface area (Å²) in [7, 11) is 7.12. The molecule has 0 aromatic carbocycles.